The van der Waals surface area contributed by atoms with Gasteiger partial charge in [-0.05, 0) is 30.9 Å². The summed E-state index contributed by atoms with van der Waals surface area (Å²) in [6.07, 6.45) is 2.99. The van der Waals surface area contributed by atoms with Gasteiger partial charge in [0.25, 0.3) is 0 Å². The number of anilines is 1. The van der Waals surface area contributed by atoms with Crippen molar-refractivity contribution in [2.75, 3.05) is 11.9 Å². The van der Waals surface area contributed by atoms with Gasteiger partial charge in [-0.3, -0.25) is 4.79 Å². The molecule has 1 saturated carbocycles. The van der Waals surface area contributed by atoms with Gasteiger partial charge in [0.2, 0.25) is 0 Å². The van der Waals surface area contributed by atoms with Gasteiger partial charge in [0.1, 0.15) is 5.78 Å². The topological polar surface area (TPSA) is 29.1 Å². The maximum Gasteiger partial charge on any atom is 0.137 e. The molecule has 86 valence electrons. The first-order chi connectivity index (χ1) is 7.75. The summed E-state index contributed by atoms with van der Waals surface area (Å²) in [6, 6.07) is 10.1. The van der Waals surface area contributed by atoms with Crippen LogP contribution in [0.1, 0.15) is 26.2 Å². The molecule has 0 heterocycles. The Kier molecular flexibility index (Phi) is 3.60. The number of Topliss-reactive ketones (excluding diaryl/α,β-unsaturated/α-hetero) is 1. The van der Waals surface area contributed by atoms with E-state index in [2.05, 4.69) is 12.2 Å². The van der Waals surface area contributed by atoms with Crippen LogP contribution in [0.5, 0.6) is 0 Å². The van der Waals surface area contributed by atoms with Crippen molar-refractivity contribution in [3.05, 3.63) is 30.3 Å². The van der Waals surface area contributed by atoms with E-state index in [1.54, 1.807) is 0 Å². The Morgan fingerprint density at radius 3 is 2.69 bits per heavy atom. The van der Waals surface area contributed by atoms with E-state index in [-0.39, 0.29) is 5.92 Å². The standard InChI is InChI=1S/C14H19NO/c1-11-7-8-12(14(16)9-11)10-15-13-5-3-2-4-6-13/h2-6,11-12,15H,7-10H2,1H3. The van der Waals surface area contributed by atoms with E-state index in [0.717, 1.165) is 25.1 Å². The lowest BCUT2D eigenvalue weighted by Crippen LogP contribution is -2.29. The summed E-state index contributed by atoms with van der Waals surface area (Å²) in [5, 5.41) is 3.34. The lowest BCUT2D eigenvalue weighted by Gasteiger charge is -2.25. The zero-order valence-electron chi connectivity index (χ0n) is 9.78. The van der Waals surface area contributed by atoms with Gasteiger partial charge in [-0.15, -0.1) is 0 Å². The van der Waals surface area contributed by atoms with Gasteiger partial charge in [0.05, 0.1) is 0 Å². The Morgan fingerprint density at radius 2 is 2.00 bits per heavy atom. The van der Waals surface area contributed by atoms with E-state index in [1.807, 2.05) is 30.3 Å². The summed E-state index contributed by atoms with van der Waals surface area (Å²) in [5.41, 5.74) is 1.11. The highest BCUT2D eigenvalue weighted by Crippen LogP contribution is 2.25. The molecule has 1 aliphatic carbocycles. The summed E-state index contributed by atoms with van der Waals surface area (Å²) in [6.45, 7) is 2.95. The molecule has 1 aliphatic rings. The van der Waals surface area contributed by atoms with Crippen LogP contribution >= 0.6 is 0 Å². The zero-order chi connectivity index (χ0) is 11.4. The number of benzene rings is 1. The van der Waals surface area contributed by atoms with E-state index in [4.69, 9.17) is 0 Å². The van der Waals surface area contributed by atoms with Gasteiger partial charge in [0, 0.05) is 24.6 Å². The molecule has 1 aromatic carbocycles. The maximum absolute atomic E-state index is 11.8. The van der Waals surface area contributed by atoms with Gasteiger partial charge < -0.3 is 5.32 Å². The van der Waals surface area contributed by atoms with Crippen molar-refractivity contribution in [2.45, 2.75) is 26.2 Å². The molecule has 1 aromatic rings. The third-order valence-electron chi connectivity index (χ3n) is 3.34. The first-order valence-corrected chi connectivity index (χ1v) is 6.07. The minimum absolute atomic E-state index is 0.219. The second kappa shape index (κ2) is 5.15. The summed E-state index contributed by atoms with van der Waals surface area (Å²) in [4.78, 5) is 11.8. The van der Waals surface area contributed by atoms with Crippen LogP contribution in [-0.4, -0.2) is 12.3 Å². The average molecular weight is 217 g/mol. The highest BCUT2D eigenvalue weighted by molar-refractivity contribution is 5.82. The summed E-state index contributed by atoms with van der Waals surface area (Å²) < 4.78 is 0. The van der Waals surface area contributed by atoms with Crippen LogP contribution in [0.3, 0.4) is 0 Å². The number of carbonyl (C=O) groups is 1. The molecule has 2 nitrogen and oxygen atoms in total. The van der Waals surface area contributed by atoms with Crippen LogP contribution in [0, 0.1) is 11.8 Å². The number of ketones is 1. The average Bonchev–Trinajstić information content (AvgIpc) is 2.29. The SMILES string of the molecule is CC1CCC(CNc2ccccc2)C(=O)C1. The van der Waals surface area contributed by atoms with E-state index >= 15 is 0 Å². The minimum atomic E-state index is 0.219. The van der Waals surface area contributed by atoms with Gasteiger partial charge in [-0.1, -0.05) is 25.1 Å². The van der Waals surface area contributed by atoms with Gasteiger partial charge in [-0.25, -0.2) is 0 Å². The van der Waals surface area contributed by atoms with Gasteiger partial charge in [0.15, 0.2) is 0 Å². The summed E-state index contributed by atoms with van der Waals surface area (Å²) in [7, 11) is 0. The molecule has 2 atom stereocenters. The molecule has 2 unspecified atom stereocenters. The first kappa shape index (κ1) is 11.2. The monoisotopic (exact) mass is 217 g/mol. The highest BCUT2D eigenvalue weighted by atomic mass is 16.1. The summed E-state index contributed by atoms with van der Waals surface area (Å²) in [5.74, 6) is 1.24. The molecule has 1 fully saturated rings. The molecule has 2 heteroatoms. The fraction of sp³-hybridized carbons (Fsp3) is 0.500. The third-order valence-corrected chi connectivity index (χ3v) is 3.34. The summed E-state index contributed by atoms with van der Waals surface area (Å²) >= 11 is 0. The predicted octanol–water partition coefficient (Wildman–Crippen LogP) is 3.10. The van der Waals surface area contributed by atoms with Crippen LogP contribution < -0.4 is 5.32 Å². The second-order valence-electron chi connectivity index (χ2n) is 4.80. The normalized spacial score (nSPS) is 25.4. The number of para-hydroxylation sites is 1. The maximum atomic E-state index is 11.8. The fourth-order valence-corrected chi connectivity index (χ4v) is 2.27. The molecule has 16 heavy (non-hydrogen) atoms. The molecular weight excluding hydrogens is 198 g/mol. The van der Waals surface area contributed by atoms with E-state index in [0.29, 0.717) is 11.7 Å². The highest BCUT2D eigenvalue weighted by Gasteiger charge is 2.25. The second-order valence-corrected chi connectivity index (χ2v) is 4.80. The van der Waals surface area contributed by atoms with Crippen molar-refractivity contribution in [3.8, 4) is 0 Å². The molecule has 0 aliphatic heterocycles. The largest absolute Gasteiger partial charge is 0.384 e. The van der Waals surface area contributed by atoms with Crippen LogP contribution in [0.25, 0.3) is 0 Å². The Hall–Kier alpha value is -1.31. The molecule has 1 N–H and O–H groups in total. The van der Waals surface area contributed by atoms with Crippen molar-refractivity contribution < 1.29 is 4.79 Å². The molecular formula is C14H19NO. The predicted molar refractivity (Wildman–Crippen MR) is 66.4 cm³/mol. The van der Waals surface area contributed by atoms with Crippen molar-refractivity contribution in [3.63, 3.8) is 0 Å². The van der Waals surface area contributed by atoms with Crippen molar-refractivity contribution >= 4 is 11.5 Å². The Balaban J connectivity index is 1.84. The number of hydrogen-bond acceptors (Lipinski definition) is 2. The van der Waals surface area contributed by atoms with Gasteiger partial charge >= 0.3 is 0 Å². The Labute approximate surface area is 97.1 Å². The minimum Gasteiger partial charge on any atom is -0.384 e. The molecule has 0 amide bonds. The zero-order valence-corrected chi connectivity index (χ0v) is 9.78. The van der Waals surface area contributed by atoms with Crippen LogP contribution in [-0.2, 0) is 4.79 Å². The number of rotatable bonds is 3. The molecule has 0 spiro atoms. The molecule has 0 saturated heterocycles. The molecule has 0 aromatic heterocycles. The van der Waals surface area contributed by atoms with E-state index < -0.39 is 0 Å². The van der Waals surface area contributed by atoms with Crippen molar-refractivity contribution in [1.29, 1.82) is 0 Å². The lowest BCUT2D eigenvalue weighted by atomic mass is 9.82. The van der Waals surface area contributed by atoms with Crippen molar-refractivity contribution in [1.82, 2.24) is 0 Å². The van der Waals surface area contributed by atoms with Crippen LogP contribution in [0.15, 0.2) is 30.3 Å². The third kappa shape index (κ3) is 2.84. The number of hydrogen-bond donors (Lipinski definition) is 1. The van der Waals surface area contributed by atoms with E-state index in [9.17, 15) is 4.79 Å². The molecule has 2 rings (SSSR count). The quantitative estimate of drug-likeness (QED) is 0.843. The lowest BCUT2D eigenvalue weighted by molar-refractivity contribution is -0.125. The first-order valence-electron chi connectivity index (χ1n) is 6.07. The Bertz CT molecular complexity index is 347. The van der Waals surface area contributed by atoms with E-state index in [1.165, 1.54) is 6.42 Å². The number of carbonyl (C=O) groups excluding carboxylic acids is 1. The smallest absolute Gasteiger partial charge is 0.137 e. The van der Waals surface area contributed by atoms with Crippen molar-refractivity contribution in [2.24, 2.45) is 11.8 Å². The van der Waals surface area contributed by atoms with Crippen LogP contribution in [0.2, 0.25) is 0 Å². The Morgan fingerprint density at radius 1 is 1.25 bits per heavy atom. The van der Waals surface area contributed by atoms with Gasteiger partial charge in [-0.2, -0.15) is 0 Å². The molecule has 0 radical (unpaired) electrons. The number of nitrogens with one attached hydrogen (secondary N) is 1. The molecule has 0 bridgehead atoms. The van der Waals surface area contributed by atoms with Crippen LogP contribution in [0.4, 0.5) is 5.69 Å². The fourth-order valence-electron chi connectivity index (χ4n) is 2.27.